The number of carbonyl (C=O) groups excluding carboxylic acids is 1. The number of benzene rings is 2. The third-order valence-electron chi connectivity index (χ3n) is 3.38. The predicted octanol–water partition coefficient (Wildman–Crippen LogP) is 3.14. The minimum atomic E-state index is -0.381. The van der Waals surface area contributed by atoms with E-state index in [0.717, 1.165) is 16.8 Å². The van der Waals surface area contributed by atoms with Crippen molar-refractivity contribution in [1.82, 2.24) is 0 Å². The highest BCUT2D eigenvalue weighted by Gasteiger charge is 2.30. The van der Waals surface area contributed by atoms with Gasteiger partial charge in [-0.2, -0.15) is 0 Å². The smallest absolute Gasteiger partial charge is 0.237 e. The van der Waals surface area contributed by atoms with Gasteiger partial charge in [0.25, 0.3) is 0 Å². The fraction of sp³-hybridized carbons (Fsp3) is 0.125. The van der Waals surface area contributed by atoms with E-state index in [1.54, 1.807) is 30.5 Å². The van der Waals surface area contributed by atoms with E-state index in [1.165, 1.54) is 0 Å². The number of rotatable bonds is 2. The Morgan fingerprint density at radius 3 is 2.85 bits per heavy atom. The number of anilines is 1. The van der Waals surface area contributed by atoms with Crippen LogP contribution in [0.4, 0.5) is 11.4 Å². The average Bonchev–Trinajstić information content (AvgIpc) is 2.74. The number of aliphatic imine (C=N–C) groups is 1. The third kappa shape index (κ3) is 2.16. The van der Waals surface area contributed by atoms with Crippen LogP contribution in [0.3, 0.4) is 0 Å². The highest BCUT2D eigenvalue weighted by molar-refractivity contribution is 6.13. The Labute approximate surface area is 116 Å². The SMILES string of the molecule is Cc1cccc2c1C(C=Nc1cccc(O)c1)C(=O)N2. The zero-order valence-corrected chi connectivity index (χ0v) is 11.0. The first-order chi connectivity index (χ1) is 9.65. The quantitative estimate of drug-likeness (QED) is 0.820. The van der Waals surface area contributed by atoms with Crippen LogP contribution in [0.5, 0.6) is 5.75 Å². The Kier molecular flexibility index (Phi) is 2.99. The molecule has 1 amide bonds. The van der Waals surface area contributed by atoms with Gasteiger partial charge in [-0.25, -0.2) is 0 Å². The van der Waals surface area contributed by atoms with Crippen LogP contribution in [0, 0.1) is 6.92 Å². The maximum absolute atomic E-state index is 12.0. The zero-order valence-electron chi connectivity index (χ0n) is 11.0. The summed E-state index contributed by atoms with van der Waals surface area (Å²) in [5.74, 6) is -0.293. The van der Waals surface area contributed by atoms with Crippen molar-refractivity contribution in [3.8, 4) is 5.75 Å². The van der Waals surface area contributed by atoms with Crippen molar-refractivity contribution in [3.05, 3.63) is 53.6 Å². The number of amides is 1. The number of aryl methyl sites for hydroxylation is 1. The van der Waals surface area contributed by atoms with Crippen LogP contribution in [-0.2, 0) is 4.79 Å². The van der Waals surface area contributed by atoms with Crippen molar-refractivity contribution >= 4 is 23.5 Å². The fourth-order valence-corrected chi connectivity index (χ4v) is 2.42. The van der Waals surface area contributed by atoms with E-state index < -0.39 is 0 Å². The molecule has 1 heterocycles. The van der Waals surface area contributed by atoms with E-state index in [-0.39, 0.29) is 17.6 Å². The summed E-state index contributed by atoms with van der Waals surface area (Å²) >= 11 is 0. The number of fused-ring (bicyclic) bond motifs is 1. The molecule has 4 nitrogen and oxygen atoms in total. The second kappa shape index (κ2) is 4.81. The molecule has 1 aliphatic heterocycles. The Bertz CT molecular complexity index is 707. The Balaban J connectivity index is 1.94. The van der Waals surface area contributed by atoms with E-state index in [2.05, 4.69) is 10.3 Å². The van der Waals surface area contributed by atoms with Gasteiger partial charge in [0.2, 0.25) is 5.91 Å². The van der Waals surface area contributed by atoms with Crippen LogP contribution in [0.1, 0.15) is 17.0 Å². The van der Waals surface area contributed by atoms with Crippen molar-refractivity contribution in [2.45, 2.75) is 12.8 Å². The second-order valence-corrected chi connectivity index (χ2v) is 4.80. The molecule has 0 aliphatic carbocycles. The van der Waals surface area contributed by atoms with Crippen LogP contribution in [0.25, 0.3) is 0 Å². The minimum Gasteiger partial charge on any atom is -0.508 e. The summed E-state index contributed by atoms with van der Waals surface area (Å²) in [5.41, 5.74) is 3.51. The summed E-state index contributed by atoms with van der Waals surface area (Å²) in [6.07, 6.45) is 1.63. The summed E-state index contributed by atoms with van der Waals surface area (Å²) in [6.45, 7) is 1.98. The minimum absolute atomic E-state index is 0.0711. The lowest BCUT2D eigenvalue weighted by molar-refractivity contribution is -0.115. The molecule has 0 fully saturated rings. The van der Waals surface area contributed by atoms with Gasteiger partial charge in [0.15, 0.2) is 0 Å². The molecule has 0 radical (unpaired) electrons. The summed E-state index contributed by atoms with van der Waals surface area (Å²) in [5, 5.41) is 12.3. The Hall–Kier alpha value is -2.62. The molecule has 1 unspecified atom stereocenters. The lowest BCUT2D eigenvalue weighted by atomic mass is 9.97. The normalized spacial score (nSPS) is 17.2. The van der Waals surface area contributed by atoms with Crippen LogP contribution in [0.2, 0.25) is 0 Å². The topological polar surface area (TPSA) is 61.7 Å². The van der Waals surface area contributed by atoms with Gasteiger partial charge in [0.05, 0.1) is 5.69 Å². The van der Waals surface area contributed by atoms with Crippen molar-refractivity contribution in [1.29, 1.82) is 0 Å². The molecule has 100 valence electrons. The largest absolute Gasteiger partial charge is 0.508 e. The van der Waals surface area contributed by atoms with Gasteiger partial charge in [-0.05, 0) is 36.2 Å². The molecule has 0 saturated heterocycles. The third-order valence-corrected chi connectivity index (χ3v) is 3.38. The first-order valence-corrected chi connectivity index (χ1v) is 6.39. The molecule has 2 aromatic carbocycles. The molecule has 2 N–H and O–H groups in total. The average molecular weight is 266 g/mol. The van der Waals surface area contributed by atoms with Crippen molar-refractivity contribution < 1.29 is 9.90 Å². The van der Waals surface area contributed by atoms with Gasteiger partial charge < -0.3 is 10.4 Å². The number of nitrogens with one attached hydrogen (secondary N) is 1. The monoisotopic (exact) mass is 266 g/mol. The predicted molar refractivity (Wildman–Crippen MR) is 78.8 cm³/mol. The number of phenols is 1. The van der Waals surface area contributed by atoms with Gasteiger partial charge in [-0.3, -0.25) is 9.79 Å². The maximum atomic E-state index is 12.0. The van der Waals surface area contributed by atoms with Crippen molar-refractivity contribution in [2.75, 3.05) is 5.32 Å². The number of carbonyl (C=O) groups is 1. The zero-order chi connectivity index (χ0) is 14.1. The fourth-order valence-electron chi connectivity index (χ4n) is 2.42. The molecule has 0 saturated carbocycles. The van der Waals surface area contributed by atoms with Gasteiger partial charge in [-0.1, -0.05) is 18.2 Å². The van der Waals surface area contributed by atoms with Crippen LogP contribution < -0.4 is 5.32 Å². The van der Waals surface area contributed by atoms with E-state index in [4.69, 9.17) is 0 Å². The Morgan fingerprint density at radius 2 is 2.05 bits per heavy atom. The molecule has 1 atom stereocenters. The summed E-state index contributed by atoms with van der Waals surface area (Å²) in [4.78, 5) is 16.3. The number of hydrogen-bond acceptors (Lipinski definition) is 3. The molecule has 0 aromatic heterocycles. The van der Waals surface area contributed by atoms with E-state index in [1.807, 2.05) is 25.1 Å². The lowest BCUT2D eigenvalue weighted by Gasteiger charge is -2.05. The molecular formula is C16H14N2O2. The molecule has 0 bridgehead atoms. The standard InChI is InChI=1S/C16H14N2O2/c1-10-4-2-7-14-15(10)13(16(20)18-14)9-17-11-5-3-6-12(19)8-11/h2-9,13,19H,1H3,(H,18,20). The van der Waals surface area contributed by atoms with Crippen LogP contribution >= 0.6 is 0 Å². The summed E-state index contributed by atoms with van der Waals surface area (Å²) < 4.78 is 0. The molecule has 4 heteroatoms. The Morgan fingerprint density at radius 1 is 1.25 bits per heavy atom. The number of hydrogen-bond donors (Lipinski definition) is 2. The summed E-state index contributed by atoms with van der Waals surface area (Å²) in [6, 6.07) is 12.4. The first kappa shape index (κ1) is 12.4. The molecule has 2 aromatic rings. The van der Waals surface area contributed by atoms with Crippen molar-refractivity contribution in [3.63, 3.8) is 0 Å². The number of aromatic hydroxyl groups is 1. The van der Waals surface area contributed by atoms with Crippen molar-refractivity contribution in [2.24, 2.45) is 4.99 Å². The van der Waals surface area contributed by atoms with E-state index in [0.29, 0.717) is 5.69 Å². The van der Waals surface area contributed by atoms with Crippen LogP contribution in [0.15, 0.2) is 47.5 Å². The van der Waals surface area contributed by atoms with E-state index >= 15 is 0 Å². The van der Waals surface area contributed by atoms with E-state index in [9.17, 15) is 9.90 Å². The maximum Gasteiger partial charge on any atom is 0.237 e. The second-order valence-electron chi connectivity index (χ2n) is 4.80. The first-order valence-electron chi connectivity index (χ1n) is 6.39. The number of nitrogens with zero attached hydrogens (tertiary/aromatic N) is 1. The molecule has 3 rings (SSSR count). The molecule has 20 heavy (non-hydrogen) atoms. The molecular weight excluding hydrogens is 252 g/mol. The van der Waals surface area contributed by atoms with Gasteiger partial charge in [0, 0.05) is 18.0 Å². The highest BCUT2D eigenvalue weighted by atomic mass is 16.3. The van der Waals surface area contributed by atoms with Gasteiger partial charge in [0.1, 0.15) is 11.7 Å². The summed E-state index contributed by atoms with van der Waals surface area (Å²) in [7, 11) is 0. The number of phenolic OH excluding ortho intramolecular Hbond substituents is 1. The van der Waals surface area contributed by atoms with Crippen LogP contribution in [-0.4, -0.2) is 17.2 Å². The van der Waals surface area contributed by atoms with Gasteiger partial charge in [-0.15, -0.1) is 0 Å². The highest BCUT2D eigenvalue weighted by Crippen LogP contribution is 2.34. The lowest BCUT2D eigenvalue weighted by Crippen LogP contribution is -2.13. The molecule has 1 aliphatic rings. The molecule has 0 spiro atoms. The van der Waals surface area contributed by atoms with Gasteiger partial charge >= 0.3 is 0 Å².